The number of halogens is 1. The van der Waals surface area contributed by atoms with Gasteiger partial charge in [-0.1, -0.05) is 42.6 Å². The molecule has 0 spiro atoms. The number of carbonyl (C=O) groups is 1. The summed E-state index contributed by atoms with van der Waals surface area (Å²) in [6, 6.07) is 8.65. The minimum Gasteiger partial charge on any atom is -0.328 e. The van der Waals surface area contributed by atoms with E-state index in [9.17, 15) is 4.79 Å². The van der Waals surface area contributed by atoms with Crippen molar-refractivity contribution < 1.29 is 4.79 Å². The monoisotopic (exact) mass is 366 g/mol. The quantitative estimate of drug-likeness (QED) is 0.903. The lowest BCUT2D eigenvalue weighted by Crippen LogP contribution is -2.48. The average molecular weight is 367 g/mol. The van der Waals surface area contributed by atoms with Crippen LogP contribution in [-0.2, 0) is 12.8 Å². The molecule has 1 unspecified atom stereocenters. The van der Waals surface area contributed by atoms with Crippen molar-refractivity contribution in [2.75, 3.05) is 19.6 Å². The van der Waals surface area contributed by atoms with Crippen LogP contribution < -0.4 is 5.32 Å². The molecule has 1 saturated heterocycles. The highest BCUT2D eigenvalue weighted by molar-refractivity contribution is 7.08. The van der Waals surface area contributed by atoms with Crippen LogP contribution in [0.5, 0.6) is 0 Å². The molecule has 1 N–H and O–H groups in total. The van der Waals surface area contributed by atoms with E-state index < -0.39 is 0 Å². The number of carbonyl (C=O) groups excluding carboxylic acids is 1. The van der Waals surface area contributed by atoms with Crippen molar-refractivity contribution >= 4 is 29.8 Å². The van der Waals surface area contributed by atoms with E-state index in [1.165, 1.54) is 22.7 Å². The Morgan fingerprint density at radius 3 is 2.71 bits per heavy atom. The van der Waals surface area contributed by atoms with Crippen molar-refractivity contribution in [1.82, 2.24) is 19.8 Å². The Hall–Kier alpha value is -1.50. The molecular weight excluding hydrogens is 344 g/mol. The summed E-state index contributed by atoms with van der Waals surface area (Å²) in [6.07, 6.45) is 1.76. The summed E-state index contributed by atoms with van der Waals surface area (Å²) in [7, 11) is 0. The Balaban J connectivity index is 0.00000208. The summed E-state index contributed by atoms with van der Waals surface area (Å²) < 4.78 is 3.96. The van der Waals surface area contributed by atoms with E-state index in [2.05, 4.69) is 46.1 Å². The van der Waals surface area contributed by atoms with Crippen LogP contribution in [0.3, 0.4) is 0 Å². The van der Waals surface area contributed by atoms with Gasteiger partial charge in [-0.2, -0.15) is 0 Å². The summed E-state index contributed by atoms with van der Waals surface area (Å²) >= 11 is 1.21. The average Bonchev–Trinajstić information content (AvgIpc) is 3.10. The van der Waals surface area contributed by atoms with Crippen LogP contribution in [0.25, 0.3) is 0 Å². The Kier molecular flexibility index (Phi) is 6.71. The molecule has 1 amide bonds. The Morgan fingerprint density at radius 2 is 2.04 bits per heavy atom. The molecule has 24 heavy (non-hydrogen) atoms. The zero-order chi connectivity index (χ0) is 16.2. The van der Waals surface area contributed by atoms with Gasteiger partial charge in [-0.05, 0) is 35.5 Å². The van der Waals surface area contributed by atoms with E-state index in [1.54, 1.807) is 0 Å². The van der Waals surface area contributed by atoms with E-state index in [4.69, 9.17) is 0 Å². The molecule has 130 valence electrons. The zero-order valence-corrected chi connectivity index (χ0v) is 15.6. The number of hydrogen-bond acceptors (Lipinski definition) is 5. The highest BCUT2D eigenvalue weighted by atomic mass is 35.5. The first kappa shape index (κ1) is 18.8. The largest absolute Gasteiger partial charge is 0.328 e. The molecular formula is C17H23ClN4OS. The molecule has 5 nitrogen and oxygen atoms in total. The number of nitrogens with one attached hydrogen (secondary N) is 1. The molecule has 3 rings (SSSR count). The smallest absolute Gasteiger partial charge is 0.268 e. The Morgan fingerprint density at radius 1 is 1.29 bits per heavy atom. The maximum Gasteiger partial charge on any atom is 0.268 e. The molecule has 2 aromatic rings. The second-order valence-corrected chi connectivity index (χ2v) is 6.47. The fourth-order valence-electron chi connectivity index (χ4n) is 2.95. The lowest BCUT2D eigenvalue weighted by molar-refractivity contribution is 0.0638. The minimum atomic E-state index is 0. The predicted molar refractivity (Wildman–Crippen MR) is 99.0 cm³/mol. The number of hydrogen-bond donors (Lipinski definition) is 1. The van der Waals surface area contributed by atoms with Crippen molar-refractivity contribution in [2.45, 2.75) is 32.7 Å². The zero-order valence-electron chi connectivity index (χ0n) is 14.0. The van der Waals surface area contributed by atoms with Crippen molar-refractivity contribution in [2.24, 2.45) is 0 Å². The number of rotatable bonds is 4. The highest BCUT2D eigenvalue weighted by Crippen LogP contribution is 2.26. The van der Waals surface area contributed by atoms with Gasteiger partial charge in [-0.3, -0.25) is 4.79 Å². The topological polar surface area (TPSA) is 58.1 Å². The first-order valence-corrected chi connectivity index (χ1v) is 8.93. The van der Waals surface area contributed by atoms with Crippen molar-refractivity contribution in [3.05, 3.63) is 46.0 Å². The van der Waals surface area contributed by atoms with Gasteiger partial charge in [0.05, 0.1) is 11.7 Å². The molecule has 1 aliphatic heterocycles. The van der Waals surface area contributed by atoms with Crippen LogP contribution in [0.2, 0.25) is 0 Å². The summed E-state index contributed by atoms with van der Waals surface area (Å²) in [5.41, 5.74) is 3.30. The second kappa shape index (κ2) is 8.55. The van der Waals surface area contributed by atoms with Gasteiger partial charge in [0.1, 0.15) is 4.88 Å². The van der Waals surface area contributed by atoms with Crippen LogP contribution in [0.1, 0.15) is 46.4 Å². The molecule has 2 heterocycles. The van der Waals surface area contributed by atoms with Crippen molar-refractivity contribution in [1.29, 1.82) is 0 Å². The molecule has 1 fully saturated rings. The van der Waals surface area contributed by atoms with E-state index in [0.717, 1.165) is 31.6 Å². The molecule has 0 aliphatic carbocycles. The van der Waals surface area contributed by atoms with Gasteiger partial charge < -0.3 is 10.2 Å². The van der Waals surface area contributed by atoms with Gasteiger partial charge in [-0.15, -0.1) is 17.5 Å². The minimum absolute atomic E-state index is 0. The molecule has 1 aliphatic rings. The first-order valence-electron chi connectivity index (χ1n) is 8.16. The van der Waals surface area contributed by atoms with Gasteiger partial charge in [0.2, 0.25) is 0 Å². The molecule has 0 radical (unpaired) electrons. The number of aryl methyl sites for hydroxylation is 2. The lowest BCUT2D eigenvalue weighted by Gasteiger charge is -2.36. The van der Waals surface area contributed by atoms with E-state index in [0.29, 0.717) is 11.4 Å². The summed E-state index contributed by atoms with van der Waals surface area (Å²) in [4.78, 5) is 15.6. The highest BCUT2D eigenvalue weighted by Gasteiger charge is 2.30. The van der Waals surface area contributed by atoms with Gasteiger partial charge in [-0.25, -0.2) is 0 Å². The van der Waals surface area contributed by atoms with Crippen LogP contribution in [0, 0.1) is 0 Å². The molecule has 0 saturated carbocycles. The van der Waals surface area contributed by atoms with E-state index >= 15 is 0 Å². The SMILES string of the molecule is CCc1ccc(C2CNCCN2C(=O)c2snnc2CC)cc1.Cl. The maximum absolute atomic E-state index is 13.0. The second-order valence-electron chi connectivity index (χ2n) is 5.72. The standard InChI is InChI=1S/C17H22N4OS.ClH/c1-3-12-5-7-13(8-6-12)15-11-18-9-10-21(15)17(22)16-14(4-2)19-20-23-16;/h5-8,15,18H,3-4,9-11H2,1-2H3;1H. The third-order valence-electron chi connectivity index (χ3n) is 4.36. The molecule has 1 atom stereocenters. The number of piperazine rings is 1. The van der Waals surface area contributed by atoms with Gasteiger partial charge in [0.25, 0.3) is 5.91 Å². The van der Waals surface area contributed by atoms with Crippen LogP contribution >= 0.6 is 23.9 Å². The number of benzene rings is 1. The van der Waals surface area contributed by atoms with E-state index in [1.807, 2.05) is 11.8 Å². The normalized spacial score (nSPS) is 17.4. The fraction of sp³-hybridized carbons (Fsp3) is 0.471. The molecule has 0 bridgehead atoms. The summed E-state index contributed by atoms with van der Waals surface area (Å²) in [5.74, 6) is 0.0583. The molecule has 7 heteroatoms. The first-order chi connectivity index (χ1) is 11.2. The third kappa shape index (κ3) is 3.77. The van der Waals surface area contributed by atoms with Crippen molar-refractivity contribution in [3.63, 3.8) is 0 Å². The van der Waals surface area contributed by atoms with E-state index in [-0.39, 0.29) is 24.4 Å². The van der Waals surface area contributed by atoms with Gasteiger partial charge in [0.15, 0.2) is 0 Å². The van der Waals surface area contributed by atoms with Crippen LogP contribution in [-0.4, -0.2) is 40.0 Å². The van der Waals surface area contributed by atoms with Gasteiger partial charge >= 0.3 is 0 Å². The van der Waals surface area contributed by atoms with Gasteiger partial charge in [0, 0.05) is 19.6 Å². The van der Waals surface area contributed by atoms with Crippen LogP contribution in [0.4, 0.5) is 0 Å². The molecule has 1 aromatic heterocycles. The Labute approximate surface area is 153 Å². The predicted octanol–water partition coefficient (Wildman–Crippen LogP) is 2.87. The number of aromatic nitrogens is 2. The summed E-state index contributed by atoms with van der Waals surface area (Å²) in [6.45, 7) is 6.47. The van der Waals surface area contributed by atoms with Crippen LogP contribution in [0.15, 0.2) is 24.3 Å². The van der Waals surface area contributed by atoms with Crippen molar-refractivity contribution in [3.8, 4) is 0 Å². The third-order valence-corrected chi connectivity index (χ3v) is 5.12. The fourth-order valence-corrected chi connectivity index (χ4v) is 3.66. The lowest BCUT2D eigenvalue weighted by atomic mass is 10.0. The summed E-state index contributed by atoms with van der Waals surface area (Å²) in [5, 5.41) is 7.48. The number of nitrogens with zero attached hydrogens (tertiary/aromatic N) is 3. The maximum atomic E-state index is 13.0. The number of amides is 1. The molecule has 1 aromatic carbocycles. The Bertz CT molecular complexity index is 673.